The van der Waals surface area contributed by atoms with E-state index in [1.165, 1.54) is 0 Å². The van der Waals surface area contributed by atoms with Gasteiger partial charge in [-0.25, -0.2) is 9.97 Å². The van der Waals surface area contributed by atoms with Crippen molar-refractivity contribution in [1.82, 2.24) is 14.5 Å². The highest BCUT2D eigenvalue weighted by Crippen LogP contribution is 2.45. The molecule has 0 spiro atoms. The minimum atomic E-state index is -0.303. The van der Waals surface area contributed by atoms with E-state index in [9.17, 15) is 5.11 Å². The third kappa shape index (κ3) is 6.79. The van der Waals surface area contributed by atoms with Crippen molar-refractivity contribution in [1.29, 1.82) is 0 Å². The minimum absolute atomic E-state index is 0.162. The van der Waals surface area contributed by atoms with E-state index < -0.39 is 0 Å². The molecule has 0 aliphatic heterocycles. The van der Waals surface area contributed by atoms with E-state index in [0.717, 1.165) is 67.3 Å². The monoisotopic (exact) mass is 718 g/mol. The van der Waals surface area contributed by atoms with Gasteiger partial charge in [-0.2, -0.15) is 0 Å². The molecule has 2 aromatic heterocycles. The van der Waals surface area contributed by atoms with E-state index in [4.69, 9.17) is 9.97 Å². The number of phenols is 1. The van der Waals surface area contributed by atoms with Gasteiger partial charge in [0, 0.05) is 34.3 Å². The molecule has 0 unspecified atom stereocenters. The molecule has 2 heterocycles. The Bertz CT molecular complexity index is 2580. The lowest BCUT2D eigenvalue weighted by Crippen LogP contribution is -2.17. The van der Waals surface area contributed by atoms with Crippen molar-refractivity contribution < 1.29 is 5.11 Å². The molecule has 0 bridgehead atoms. The number of nitrogens with zero attached hydrogens (tertiary/aromatic N) is 4. The number of benzene rings is 6. The molecule has 0 aliphatic carbocycles. The maximum absolute atomic E-state index is 12.3. The predicted octanol–water partition coefficient (Wildman–Crippen LogP) is 13.2. The molecule has 272 valence electrons. The summed E-state index contributed by atoms with van der Waals surface area (Å²) in [7, 11) is 0. The molecule has 6 aromatic carbocycles. The molecule has 0 radical (unpaired) electrons. The Morgan fingerprint density at radius 1 is 0.545 bits per heavy atom. The molecular formula is C50H46N4O. The fourth-order valence-electron chi connectivity index (χ4n) is 7.39. The van der Waals surface area contributed by atoms with Gasteiger partial charge in [-0.3, -0.25) is 9.47 Å². The zero-order valence-corrected chi connectivity index (χ0v) is 32.3. The summed E-state index contributed by atoms with van der Waals surface area (Å²) < 4.78 is 2.24. The van der Waals surface area contributed by atoms with Crippen molar-refractivity contribution in [2.45, 2.75) is 52.4 Å². The van der Waals surface area contributed by atoms with E-state index >= 15 is 0 Å². The second-order valence-corrected chi connectivity index (χ2v) is 16.2. The number of imidazole rings is 1. The Morgan fingerprint density at radius 3 is 1.89 bits per heavy atom. The van der Waals surface area contributed by atoms with Crippen molar-refractivity contribution in [2.75, 3.05) is 4.90 Å². The Balaban J connectivity index is 1.42. The topological polar surface area (TPSA) is 54.2 Å². The fraction of sp³-hybridized carbons (Fsp3) is 0.160. The van der Waals surface area contributed by atoms with Crippen LogP contribution in [0.15, 0.2) is 164 Å². The van der Waals surface area contributed by atoms with Crippen LogP contribution in [-0.4, -0.2) is 19.6 Å². The van der Waals surface area contributed by atoms with Crippen LogP contribution in [0.3, 0.4) is 0 Å². The number of hydrogen-bond acceptors (Lipinski definition) is 4. The zero-order chi connectivity index (χ0) is 38.3. The van der Waals surface area contributed by atoms with Crippen LogP contribution >= 0.6 is 0 Å². The first-order valence-corrected chi connectivity index (χ1v) is 18.9. The standard InChI is InChI=1S/C50H46N4O/c1-49(2,3)36-32-41(47(55)42(33-36)50(4,5)6)48-52-46-40(26-18-28-44(46)54(48)43-27-14-13-25-39(43)34-19-9-7-10-20-34)35-21-17-24-38(31-35)53(37-22-11-8-12-23-37)45-29-15-16-30-51-45/h7-33,55H,1-6H3. The SMILES string of the molecule is CC(C)(C)c1cc(-c2nc3c(-c4cccc(N(c5ccccc5)c5ccccn5)c4)cccc3n2-c2ccccc2-c2ccccc2)c(O)c(C(C)(C)C)c1. The van der Waals surface area contributed by atoms with E-state index in [1.807, 2.05) is 48.7 Å². The molecule has 5 heteroatoms. The van der Waals surface area contributed by atoms with Crippen molar-refractivity contribution in [3.8, 4) is 45.1 Å². The maximum atomic E-state index is 12.3. The molecule has 0 saturated heterocycles. The highest BCUT2D eigenvalue weighted by molar-refractivity contribution is 5.98. The maximum Gasteiger partial charge on any atom is 0.149 e. The molecule has 1 N–H and O–H groups in total. The summed E-state index contributed by atoms with van der Waals surface area (Å²) in [6.07, 6.45) is 1.83. The van der Waals surface area contributed by atoms with Gasteiger partial charge in [-0.15, -0.1) is 0 Å². The molecule has 8 rings (SSSR count). The van der Waals surface area contributed by atoms with Gasteiger partial charge in [0.2, 0.25) is 0 Å². The summed E-state index contributed by atoms with van der Waals surface area (Å²) in [4.78, 5) is 12.5. The number of hydrogen-bond donors (Lipinski definition) is 1. The molecule has 55 heavy (non-hydrogen) atoms. The highest BCUT2D eigenvalue weighted by atomic mass is 16.3. The van der Waals surface area contributed by atoms with Crippen molar-refractivity contribution >= 4 is 28.2 Å². The Labute approximate surface area is 324 Å². The number of rotatable bonds is 7. The second kappa shape index (κ2) is 14.1. The first kappa shape index (κ1) is 35.6. The van der Waals surface area contributed by atoms with Crippen molar-refractivity contribution in [3.05, 3.63) is 175 Å². The summed E-state index contributed by atoms with van der Waals surface area (Å²) in [6, 6.07) is 54.5. The summed E-state index contributed by atoms with van der Waals surface area (Å²) in [5, 5.41) is 12.3. The summed E-state index contributed by atoms with van der Waals surface area (Å²) in [5.41, 5.74) is 11.3. The number of aromatic hydroxyl groups is 1. The summed E-state index contributed by atoms with van der Waals surface area (Å²) >= 11 is 0. The molecular weight excluding hydrogens is 673 g/mol. The lowest BCUT2D eigenvalue weighted by molar-refractivity contribution is 0.446. The van der Waals surface area contributed by atoms with Gasteiger partial charge < -0.3 is 5.11 Å². The molecule has 8 aromatic rings. The number of fused-ring (bicyclic) bond motifs is 1. The Kier molecular flexibility index (Phi) is 9.10. The summed E-state index contributed by atoms with van der Waals surface area (Å²) in [6.45, 7) is 13.1. The van der Waals surface area contributed by atoms with Gasteiger partial charge in [-0.1, -0.05) is 145 Å². The third-order valence-corrected chi connectivity index (χ3v) is 10.2. The van der Waals surface area contributed by atoms with Gasteiger partial charge in [0.25, 0.3) is 0 Å². The largest absolute Gasteiger partial charge is 0.507 e. The molecule has 0 saturated carbocycles. The van der Waals surface area contributed by atoms with Crippen LogP contribution in [0.2, 0.25) is 0 Å². The highest BCUT2D eigenvalue weighted by Gasteiger charge is 2.29. The number of pyridine rings is 1. The van der Waals surface area contributed by atoms with Crippen LogP contribution in [0.5, 0.6) is 5.75 Å². The lowest BCUT2D eigenvalue weighted by Gasteiger charge is -2.27. The zero-order valence-electron chi connectivity index (χ0n) is 32.3. The average Bonchev–Trinajstić information content (AvgIpc) is 3.58. The van der Waals surface area contributed by atoms with E-state index in [-0.39, 0.29) is 16.6 Å². The number of aromatic nitrogens is 3. The van der Waals surface area contributed by atoms with E-state index in [0.29, 0.717) is 11.4 Å². The van der Waals surface area contributed by atoms with Crippen LogP contribution in [0.25, 0.3) is 50.4 Å². The Morgan fingerprint density at radius 2 is 1.18 bits per heavy atom. The molecule has 0 aliphatic rings. The van der Waals surface area contributed by atoms with Gasteiger partial charge >= 0.3 is 0 Å². The lowest BCUT2D eigenvalue weighted by atomic mass is 9.79. The van der Waals surface area contributed by atoms with Crippen molar-refractivity contribution in [3.63, 3.8) is 0 Å². The fourth-order valence-corrected chi connectivity index (χ4v) is 7.39. The second-order valence-electron chi connectivity index (χ2n) is 16.2. The number of anilines is 3. The van der Waals surface area contributed by atoms with Crippen LogP contribution in [0.4, 0.5) is 17.2 Å². The van der Waals surface area contributed by atoms with Gasteiger partial charge in [0.05, 0.1) is 22.3 Å². The minimum Gasteiger partial charge on any atom is -0.507 e. The molecule has 0 atom stereocenters. The molecule has 0 fully saturated rings. The van der Waals surface area contributed by atoms with Crippen LogP contribution < -0.4 is 4.90 Å². The van der Waals surface area contributed by atoms with Gasteiger partial charge in [-0.05, 0) is 82.1 Å². The van der Waals surface area contributed by atoms with Crippen LogP contribution in [-0.2, 0) is 10.8 Å². The Hall–Kier alpha value is -6.46. The third-order valence-electron chi connectivity index (χ3n) is 10.2. The summed E-state index contributed by atoms with van der Waals surface area (Å²) in [5.74, 6) is 1.78. The van der Waals surface area contributed by atoms with Crippen LogP contribution in [0.1, 0.15) is 52.7 Å². The van der Waals surface area contributed by atoms with Crippen molar-refractivity contribution in [2.24, 2.45) is 0 Å². The van der Waals surface area contributed by atoms with Gasteiger partial charge in [0.15, 0.2) is 0 Å². The number of para-hydroxylation sites is 3. The first-order valence-electron chi connectivity index (χ1n) is 18.9. The first-order chi connectivity index (χ1) is 26.5. The number of phenolic OH excluding ortho intramolecular Hbond substituents is 1. The smallest absolute Gasteiger partial charge is 0.149 e. The normalized spacial score (nSPS) is 11.9. The van der Waals surface area contributed by atoms with Crippen LogP contribution in [0, 0.1) is 0 Å². The van der Waals surface area contributed by atoms with E-state index in [2.05, 4.69) is 166 Å². The quantitative estimate of drug-likeness (QED) is 0.178. The predicted molar refractivity (Wildman–Crippen MR) is 229 cm³/mol. The van der Waals surface area contributed by atoms with E-state index in [1.54, 1.807) is 0 Å². The molecule has 0 amide bonds. The molecule has 5 nitrogen and oxygen atoms in total. The van der Waals surface area contributed by atoms with Gasteiger partial charge in [0.1, 0.15) is 17.4 Å². The average molecular weight is 719 g/mol.